The van der Waals surface area contributed by atoms with Crippen LogP contribution in [0, 0.1) is 9.49 Å². The van der Waals surface area contributed by atoms with Crippen LogP contribution < -0.4 is 9.57 Å². The van der Waals surface area contributed by atoms with Crippen LogP contribution in [0.3, 0.4) is 0 Å². The van der Waals surface area contributed by atoms with Crippen molar-refractivity contribution in [2.75, 3.05) is 0 Å². The monoisotopic (exact) mass is 482 g/mol. The summed E-state index contributed by atoms with van der Waals surface area (Å²) in [5, 5.41) is 10.6. The fourth-order valence-corrected chi connectivity index (χ4v) is 3.91. The summed E-state index contributed by atoms with van der Waals surface area (Å²) in [5.41, 5.74) is 3.07. The van der Waals surface area contributed by atoms with Gasteiger partial charge in [0, 0.05) is 29.6 Å². The number of hydroxylamine groups is 2. The largest absolute Gasteiger partial charge is 0.485 e. The SMILES string of the molecule is CC(C)C[C@H](C)N(Oc1cc2c(cc1I)-c1ccncc1C(C)O2)C(=O)O. The minimum atomic E-state index is -1.11. The van der Waals surface area contributed by atoms with Crippen LogP contribution in [-0.2, 0) is 0 Å². The molecule has 1 aliphatic heterocycles. The average Bonchev–Trinajstić information content (AvgIpc) is 2.60. The third kappa shape index (κ3) is 4.12. The first-order valence-electron chi connectivity index (χ1n) is 8.92. The number of pyridine rings is 1. The molecule has 1 unspecified atom stereocenters. The van der Waals surface area contributed by atoms with Crippen molar-refractivity contribution >= 4 is 28.7 Å². The second-order valence-electron chi connectivity index (χ2n) is 7.18. The van der Waals surface area contributed by atoms with Gasteiger partial charge >= 0.3 is 6.09 Å². The van der Waals surface area contributed by atoms with Crippen LogP contribution in [0.5, 0.6) is 11.5 Å². The molecule has 0 saturated carbocycles. The van der Waals surface area contributed by atoms with Gasteiger partial charge in [0.1, 0.15) is 11.9 Å². The molecule has 0 saturated heterocycles. The molecular weight excluding hydrogens is 459 g/mol. The van der Waals surface area contributed by atoms with E-state index in [0.717, 1.165) is 25.3 Å². The highest BCUT2D eigenvalue weighted by molar-refractivity contribution is 14.1. The van der Waals surface area contributed by atoms with Crippen molar-refractivity contribution in [3.05, 3.63) is 39.7 Å². The van der Waals surface area contributed by atoms with E-state index in [-0.39, 0.29) is 12.1 Å². The van der Waals surface area contributed by atoms with E-state index in [2.05, 4.69) is 41.4 Å². The summed E-state index contributed by atoms with van der Waals surface area (Å²) in [4.78, 5) is 21.7. The number of fused-ring (bicyclic) bond motifs is 3. The van der Waals surface area contributed by atoms with E-state index in [1.807, 2.05) is 32.2 Å². The molecule has 1 N–H and O–H groups in total. The fraction of sp³-hybridized carbons (Fsp3) is 0.400. The van der Waals surface area contributed by atoms with Crippen LogP contribution in [0.25, 0.3) is 11.1 Å². The van der Waals surface area contributed by atoms with Gasteiger partial charge in [0.15, 0.2) is 5.75 Å². The molecule has 7 heteroatoms. The van der Waals surface area contributed by atoms with Crippen LogP contribution in [-0.4, -0.2) is 27.3 Å². The number of hydrogen-bond acceptors (Lipinski definition) is 4. The average molecular weight is 482 g/mol. The molecule has 0 spiro atoms. The van der Waals surface area contributed by atoms with Gasteiger partial charge in [-0.15, -0.1) is 5.06 Å². The second-order valence-corrected chi connectivity index (χ2v) is 8.34. The highest BCUT2D eigenvalue weighted by Gasteiger charge is 2.27. The van der Waals surface area contributed by atoms with Crippen molar-refractivity contribution in [2.45, 2.75) is 46.3 Å². The van der Waals surface area contributed by atoms with Crippen LogP contribution in [0.4, 0.5) is 4.79 Å². The van der Waals surface area contributed by atoms with Crippen LogP contribution in [0.2, 0.25) is 0 Å². The second kappa shape index (κ2) is 7.92. The Kier molecular flexibility index (Phi) is 5.78. The van der Waals surface area contributed by atoms with Crippen LogP contribution in [0.1, 0.15) is 45.8 Å². The van der Waals surface area contributed by atoms with Gasteiger partial charge in [-0.25, -0.2) is 4.79 Å². The molecule has 2 heterocycles. The first-order chi connectivity index (χ1) is 12.8. The van der Waals surface area contributed by atoms with Gasteiger partial charge < -0.3 is 14.7 Å². The number of carboxylic acid groups (broad SMARTS) is 1. The quantitative estimate of drug-likeness (QED) is 0.449. The Morgan fingerprint density at radius 3 is 2.78 bits per heavy atom. The number of hydrogen-bond donors (Lipinski definition) is 1. The molecule has 27 heavy (non-hydrogen) atoms. The van der Waals surface area contributed by atoms with Crippen molar-refractivity contribution in [3.8, 4) is 22.6 Å². The summed E-state index contributed by atoms with van der Waals surface area (Å²) in [5.74, 6) is 1.51. The first kappa shape index (κ1) is 19.7. The van der Waals surface area contributed by atoms with Crippen molar-refractivity contribution in [1.82, 2.24) is 10.0 Å². The number of ether oxygens (including phenoxy) is 1. The van der Waals surface area contributed by atoms with Gasteiger partial charge in [0.25, 0.3) is 0 Å². The number of carbonyl (C=O) groups is 1. The van der Waals surface area contributed by atoms with E-state index in [9.17, 15) is 9.90 Å². The number of aromatic nitrogens is 1. The zero-order chi connectivity index (χ0) is 19.7. The maximum absolute atomic E-state index is 11.7. The van der Waals surface area contributed by atoms with Gasteiger partial charge in [0.2, 0.25) is 0 Å². The topological polar surface area (TPSA) is 71.9 Å². The third-order valence-corrected chi connectivity index (χ3v) is 5.36. The molecule has 0 aliphatic carbocycles. The van der Waals surface area contributed by atoms with Gasteiger partial charge in [-0.1, -0.05) is 13.8 Å². The van der Waals surface area contributed by atoms with E-state index in [1.54, 1.807) is 12.3 Å². The molecule has 144 valence electrons. The van der Waals surface area contributed by atoms with Crippen LogP contribution >= 0.6 is 22.6 Å². The summed E-state index contributed by atoms with van der Waals surface area (Å²) in [6, 6.07) is 5.44. The molecule has 0 fully saturated rings. The number of rotatable bonds is 5. The van der Waals surface area contributed by atoms with Crippen molar-refractivity contribution in [2.24, 2.45) is 5.92 Å². The summed E-state index contributed by atoms with van der Waals surface area (Å²) in [6.45, 7) is 7.93. The van der Waals surface area contributed by atoms with Crippen molar-refractivity contribution in [1.29, 1.82) is 0 Å². The van der Waals surface area contributed by atoms with E-state index < -0.39 is 6.09 Å². The van der Waals surface area contributed by atoms with E-state index in [0.29, 0.717) is 23.8 Å². The Morgan fingerprint density at radius 2 is 2.11 bits per heavy atom. The maximum Gasteiger partial charge on any atom is 0.440 e. The zero-order valence-electron chi connectivity index (χ0n) is 15.8. The van der Waals surface area contributed by atoms with Crippen LogP contribution in [0.15, 0.2) is 30.6 Å². The minimum absolute atomic E-state index is 0.135. The van der Waals surface area contributed by atoms with E-state index in [4.69, 9.17) is 9.57 Å². The molecule has 2 atom stereocenters. The molecule has 6 nitrogen and oxygen atoms in total. The Bertz CT molecular complexity index is 856. The van der Waals surface area contributed by atoms with Crippen molar-refractivity contribution < 1.29 is 19.5 Å². The summed E-state index contributed by atoms with van der Waals surface area (Å²) in [6.07, 6.45) is 3.05. The molecular formula is C20H23IN2O4. The minimum Gasteiger partial charge on any atom is -0.485 e. The lowest BCUT2D eigenvalue weighted by molar-refractivity contribution is -0.0690. The molecule has 2 aromatic rings. The number of nitrogens with zero attached hydrogens (tertiary/aromatic N) is 2. The normalized spacial score (nSPS) is 16.1. The Balaban J connectivity index is 1.95. The molecule has 3 rings (SSSR count). The lowest BCUT2D eigenvalue weighted by Gasteiger charge is -2.29. The molecule has 1 aromatic carbocycles. The maximum atomic E-state index is 11.7. The van der Waals surface area contributed by atoms with E-state index in [1.165, 1.54) is 0 Å². The van der Waals surface area contributed by atoms with E-state index >= 15 is 0 Å². The van der Waals surface area contributed by atoms with Crippen molar-refractivity contribution in [3.63, 3.8) is 0 Å². The predicted octanol–water partition coefficient (Wildman–Crippen LogP) is 5.52. The molecule has 1 aromatic heterocycles. The highest BCUT2D eigenvalue weighted by Crippen LogP contribution is 2.45. The molecule has 1 aliphatic rings. The smallest absolute Gasteiger partial charge is 0.440 e. The molecule has 1 amide bonds. The first-order valence-corrected chi connectivity index (χ1v) is 10.0. The molecule has 0 bridgehead atoms. The lowest BCUT2D eigenvalue weighted by atomic mass is 9.95. The van der Waals surface area contributed by atoms with Gasteiger partial charge in [0.05, 0.1) is 9.61 Å². The number of halogens is 1. The third-order valence-electron chi connectivity index (χ3n) is 4.52. The highest BCUT2D eigenvalue weighted by atomic mass is 127. The number of benzene rings is 1. The Hall–Kier alpha value is -2.03. The zero-order valence-corrected chi connectivity index (χ0v) is 17.9. The Morgan fingerprint density at radius 1 is 1.37 bits per heavy atom. The fourth-order valence-electron chi connectivity index (χ4n) is 3.34. The summed E-state index contributed by atoms with van der Waals surface area (Å²) in [7, 11) is 0. The lowest BCUT2D eigenvalue weighted by Crippen LogP contribution is -2.41. The predicted molar refractivity (Wildman–Crippen MR) is 111 cm³/mol. The summed E-state index contributed by atoms with van der Waals surface area (Å²) < 4.78 is 6.85. The number of amides is 1. The molecule has 0 radical (unpaired) electrons. The van der Waals surface area contributed by atoms with Gasteiger partial charge in [-0.05, 0) is 66.5 Å². The van der Waals surface area contributed by atoms with Gasteiger partial charge in [-0.2, -0.15) is 0 Å². The Labute approximate surface area is 172 Å². The summed E-state index contributed by atoms with van der Waals surface area (Å²) >= 11 is 2.16. The standard InChI is InChI=1S/C20H23IN2O4/c1-11(2)7-12(3)23(20(24)25)27-19-9-18-15(8-17(19)21)14-5-6-22-10-16(14)13(4)26-18/h5-6,8-13H,7H2,1-4H3,(H,24,25)/t12-,13?/m0/s1. The van der Waals surface area contributed by atoms with Gasteiger partial charge in [-0.3, -0.25) is 4.98 Å².